The summed E-state index contributed by atoms with van der Waals surface area (Å²) in [6.45, 7) is 5.89. The quantitative estimate of drug-likeness (QED) is 0.273. The first kappa shape index (κ1) is 37.4. The van der Waals surface area contributed by atoms with Crippen molar-refractivity contribution in [1.82, 2.24) is 0 Å². The van der Waals surface area contributed by atoms with Crippen LogP contribution in [0.4, 0.5) is 0 Å². The van der Waals surface area contributed by atoms with Crippen LogP contribution in [-0.4, -0.2) is 29.7 Å². The zero-order chi connectivity index (χ0) is 19.3. The Kier molecular flexibility index (Phi) is 52.2. The molecule has 0 amide bonds. The van der Waals surface area contributed by atoms with E-state index in [9.17, 15) is 0 Å². The van der Waals surface area contributed by atoms with Crippen molar-refractivity contribution in [3.05, 3.63) is 0 Å². The zero-order valence-electron chi connectivity index (χ0n) is 13.8. The number of hydrogen-bond acceptors (Lipinski definition) is 9. The molecule has 0 aromatic carbocycles. The van der Waals surface area contributed by atoms with Gasteiger partial charge in [0.15, 0.2) is 0 Å². The molecule has 0 spiro atoms. The molecule has 10 nitrogen and oxygen atoms in total. The van der Waals surface area contributed by atoms with Crippen molar-refractivity contribution in [2.45, 2.75) is 47.5 Å². The first-order valence-corrected chi connectivity index (χ1v) is 5.73. The van der Waals surface area contributed by atoms with Gasteiger partial charge in [-0.2, -0.15) is 0 Å². The summed E-state index contributed by atoms with van der Waals surface area (Å²) >= 11 is 0. The fraction of sp³-hybridized carbons (Fsp3) is 0.583. The van der Waals surface area contributed by atoms with E-state index in [2.05, 4.69) is 0 Å². The van der Waals surface area contributed by atoms with Crippen LogP contribution in [0.15, 0.2) is 0 Å². The SMILES string of the molecule is CC(=O)[O-].CC(=O)[O-].CC(=O)[O-].CC(=O)[O-].CCCC(=N)N.[Ti+4]. The third-order valence-corrected chi connectivity index (χ3v) is 0.519. The van der Waals surface area contributed by atoms with Gasteiger partial charge in [-0.1, -0.05) is 6.92 Å². The summed E-state index contributed by atoms with van der Waals surface area (Å²) in [4.78, 5) is 35.6. The van der Waals surface area contributed by atoms with Crippen molar-refractivity contribution in [2.24, 2.45) is 5.73 Å². The molecule has 0 bridgehead atoms. The molecular formula is C12H22N2O8Ti. The minimum absolute atomic E-state index is 0. The van der Waals surface area contributed by atoms with Gasteiger partial charge in [-0.25, -0.2) is 0 Å². The Bertz CT molecular complexity index is 271. The van der Waals surface area contributed by atoms with Crippen LogP contribution in [0, 0.1) is 5.41 Å². The maximum Gasteiger partial charge on any atom is 4.00 e. The van der Waals surface area contributed by atoms with Crippen LogP contribution in [0.3, 0.4) is 0 Å². The van der Waals surface area contributed by atoms with Crippen LogP contribution in [0.2, 0.25) is 0 Å². The standard InChI is InChI=1S/C4H10N2.4C2H4O2.Ti/c1-2-3-4(5)6;4*1-2(3)4;/h2-3H2,1H3,(H3,5,6);4*1H3,(H,3,4);/q;;;;;+4/p-4. The molecule has 23 heavy (non-hydrogen) atoms. The number of nitrogens with two attached hydrogens (primary N) is 1. The van der Waals surface area contributed by atoms with E-state index in [1.807, 2.05) is 6.92 Å². The Morgan fingerprint density at radius 2 is 0.913 bits per heavy atom. The molecule has 132 valence electrons. The molecule has 0 aliphatic carbocycles. The predicted octanol–water partition coefficient (Wildman–Crippen LogP) is -4.26. The Balaban J connectivity index is -0.0000000393. The van der Waals surface area contributed by atoms with Crippen LogP contribution in [0.1, 0.15) is 47.5 Å². The molecule has 3 N–H and O–H groups in total. The molecule has 0 atom stereocenters. The van der Waals surface area contributed by atoms with Crippen molar-refractivity contribution in [2.75, 3.05) is 0 Å². The van der Waals surface area contributed by atoms with Gasteiger partial charge in [0.05, 0.1) is 5.84 Å². The van der Waals surface area contributed by atoms with Crippen LogP contribution in [-0.2, 0) is 40.9 Å². The smallest absolute Gasteiger partial charge is 0.550 e. The monoisotopic (exact) mass is 370 g/mol. The Hall–Kier alpha value is -1.94. The van der Waals surface area contributed by atoms with Gasteiger partial charge in [0.25, 0.3) is 0 Å². The third kappa shape index (κ3) is 5780. The summed E-state index contributed by atoms with van der Waals surface area (Å²) in [6, 6.07) is 0. The molecule has 0 aromatic heterocycles. The van der Waals surface area contributed by atoms with Gasteiger partial charge >= 0.3 is 21.7 Å². The summed E-state index contributed by atoms with van der Waals surface area (Å²) in [6.07, 6.45) is 1.72. The Morgan fingerprint density at radius 1 is 0.783 bits per heavy atom. The van der Waals surface area contributed by atoms with Crippen molar-refractivity contribution >= 4 is 29.7 Å². The first-order valence-electron chi connectivity index (χ1n) is 5.73. The average molecular weight is 370 g/mol. The number of carbonyl (C=O) groups excluding carboxylic acids is 4. The average Bonchev–Trinajstić information content (AvgIpc) is 2.12. The number of amidine groups is 1. The first-order chi connectivity index (χ1) is 9.70. The number of hydrogen-bond donors (Lipinski definition) is 2. The summed E-state index contributed by atoms with van der Waals surface area (Å²) in [5, 5.41) is 42.2. The van der Waals surface area contributed by atoms with Crippen LogP contribution in [0.5, 0.6) is 0 Å². The molecule has 0 aliphatic rings. The second-order valence-electron chi connectivity index (χ2n) is 3.24. The maximum absolute atomic E-state index is 8.89. The second kappa shape index (κ2) is 32.1. The van der Waals surface area contributed by atoms with E-state index in [4.69, 9.17) is 50.7 Å². The molecule has 0 fully saturated rings. The minimum Gasteiger partial charge on any atom is -0.550 e. The van der Waals surface area contributed by atoms with Gasteiger partial charge in [-0.3, -0.25) is 5.41 Å². The van der Waals surface area contributed by atoms with E-state index in [-0.39, 0.29) is 27.6 Å². The number of nitrogens with one attached hydrogen (secondary N) is 1. The number of carboxylic acid groups (broad SMARTS) is 4. The van der Waals surface area contributed by atoms with Crippen LogP contribution >= 0.6 is 0 Å². The van der Waals surface area contributed by atoms with Crippen molar-refractivity contribution in [3.8, 4) is 0 Å². The molecule has 0 rings (SSSR count). The zero-order valence-corrected chi connectivity index (χ0v) is 15.3. The number of rotatable bonds is 2. The molecule has 0 radical (unpaired) electrons. The largest absolute Gasteiger partial charge is 4.00 e. The summed E-state index contributed by atoms with van der Waals surface area (Å²) in [5.41, 5.74) is 4.99. The van der Waals surface area contributed by atoms with Gasteiger partial charge in [0.1, 0.15) is 0 Å². The molecule has 0 saturated carbocycles. The van der Waals surface area contributed by atoms with E-state index in [1.54, 1.807) is 0 Å². The fourth-order valence-electron chi connectivity index (χ4n) is 0.269. The maximum atomic E-state index is 8.89. The molecule has 0 aromatic rings. The number of carboxylic acids is 4. The predicted molar refractivity (Wildman–Crippen MR) is 69.5 cm³/mol. The molecule has 11 heteroatoms. The van der Waals surface area contributed by atoms with E-state index in [1.165, 1.54) is 0 Å². The van der Waals surface area contributed by atoms with Gasteiger partial charge in [-0.15, -0.1) is 0 Å². The van der Waals surface area contributed by atoms with E-state index in [0.717, 1.165) is 40.5 Å². The van der Waals surface area contributed by atoms with E-state index in [0.29, 0.717) is 0 Å². The van der Waals surface area contributed by atoms with Crippen molar-refractivity contribution < 1.29 is 61.3 Å². The van der Waals surface area contributed by atoms with Gasteiger partial charge in [0, 0.05) is 30.3 Å². The van der Waals surface area contributed by atoms with Crippen LogP contribution < -0.4 is 26.2 Å². The fourth-order valence-corrected chi connectivity index (χ4v) is 0.269. The summed E-state index contributed by atoms with van der Waals surface area (Å²) in [5.74, 6) is -4.04. The molecule has 0 unspecified atom stereocenters. The molecule has 0 heterocycles. The normalized spacial score (nSPS) is 6.48. The van der Waals surface area contributed by atoms with Gasteiger partial charge in [-0.05, 0) is 34.1 Å². The van der Waals surface area contributed by atoms with Crippen molar-refractivity contribution in [1.29, 1.82) is 5.41 Å². The molecular weight excluding hydrogens is 348 g/mol. The Labute approximate surface area is 150 Å². The second-order valence-corrected chi connectivity index (χ2v) is 3.24. The minimum atomic E-state index is -1.08. The van der Waals surface area contributed by atoms with E-state index < -0.39 is 23.9 Å². The molecule has 0 aliphatic heterocycles. The van der Waals surface area contributed by atoms with E-state index >= 15 is 0 Å². The number of carbonyl (C=O) groups is 4. The van der Waals surface area contributed by atoms with Crippen molar-refractivity contribution in [3.63, 3.8) is 0 Å². The molecule has 0 saturated heterocycles. The van der Waals surface area contributed by atoms with Crippen LogP contribution in [0.25, 0.3) is 0 Å². The topological polar surface area (TPSA) is 210 Å². The van der Waals surface area contributed by atoms with Gasteiger partial charge < -0.3 is 45.3 Å². The number of aliphatic carboxylic acids is 4. The van der Waals surface area contributed by atoms with Gasteiger partial charge in [0.2, 0.25) is 0 Å². The summed E-state index contributed by atoms with van der Waals surface area (Å²) < 4.78 is 0. The third-order valence-electron chi connectivity index (χ3n) is 0.519. The Morgan fingerprint density at radius 3 is 0.913 bits per heavy atom. The summed E-state index contributed by atoms with van der Waals surface area (Å²) in [7, 11) is 0.